The molecule has 4 heteroatoms. The van der Waals surface area contributed by atoms with Crippen LogP contribution in [0.5, 0.6) is 5.75 Å². The molecule has 0 aliphatic heterocycles. The van der Waals surface area contributed by atoms with E-state index in [1.54, 1.807) is 0 Å². The minimum absolute atomic E-state index is 0.266. The van der Waals surface area contributed by atoms with E-state index in [1.165, 1.54) is 0 Å². The first-order valence-corrected chi connectivity index (χ1v) is 5.69. The normalized spacial score (nSPS) is 25.6. The van der Waals surface area contributed by atoms with E-state index in [4.69, 9.17) is 22.1 Å². The maximum atomic E-state index is 5.94. The van der Waals surface area contributed by atoms with Crippen LogP contribution in [0.15, 0.2) is 22.7 Å². The van der Waals surface area contributed by atoms with Gasteiger partial charge in [-0.15, -0.1) is 0 Å². The van der Waals surface area contributed by atoms with Gasteiger partial charge in [-0.25, -0.2) is 0 Å². The van der Waals surface area contributed by atoms with Crippen molar-refractivity contribution >= 4 is 27.5 Å². The topological polar surface area (TPSA) is 35.2 Å². The van der Waals surface area contributed by atoms with Crippen LogP contribution in [0, 0.1) is 0 Å². The molecule has 0 unspecified atom stereocenters. The van der Waals surface area contributed by atoms with Crippen LogP contribution in [0.25, 0.3) is 0 Å². The Balaban J connectivity index is 2.00. The Morgan fingerprint density at radius 3 is 2.71 bits per heavy atom. The summed E-state index contributed by atoms with van der Waals surface area (Å²) in [5, 5.41) is 0.672. The summed E-state index contributed by atoms with van der Waals surface area (Å²) in [6.07, 6.45) is 2.14. The van der Waals surface area contributed by atoms with E-state index < -0.39 is 0 Å². The molecular formula is C10H11BrClNO. The second kappa shape index (κ2) is 4.09. The van der Waals surface area contributed by atoms with Gasteiger partial charge in [0.1, 0.15) is 11.9 Å². The lowest BCUT2D eigenvalue weighted by atomic mass is 9.90. The van der Waals surface area contributed by atoms with Gasteiger partial charge >= 0.3 is 0 Å². The molecule has 0 radical (unpaired) electrons. The summed E-state index contributed by atoms with van der Waals surface area (Å²) in [6, 6.07) is 5.91. The molecule has 1 aromatic carbocycles. The summed E-state index contributed by atoms with van der Waals surface area (Å²) in [5.41, 5.74) is 5.66. The van der Waals surface area contributed by atoms with Crippen molar-refractivity contribution < 1.29 is 4.74 Å². The van der Waals surface area contributed by atoms with Gasteiger partial charge in [-0.3, -0.25) is 0 Å². The molecule has 0 atom stereocenters. The van der Waals surface area contributed by atoms with Crippen molar-refractivity contribution in [3.63, 3.8) is 0 Å². The highest BCUT2D eigenvalue weighted by atomic mass is 79.9. The highest BCUT2D eigenvalue weighted by Crippen LogP contribution is 2.30. The molecule has 0 bridgehead atoms. The summed E-state index contributed by atoms with van der Waals surface area (Å²) in [6.45, 7) is 0. The molecule has 2 rings (SSSR count). The molecule has 1 saturated carbocycles. The average Bonchev–Trinajstić information content (AvgIpc) is 2.09. The third-order valence-corrected chi connectivity index (χ3v) is 3.56. The highest BCUT2D eigenvalue weighted by Gasteiger charge is 2.27. The third-order valence-electron chi connectivity index (χ3n) is 2.33. The first kappa shape index (κ1) is 10.3. The lowest BCUT2D eigenvalue weighted by molar-refractivity contribution is 0.101. The molecule has 1 aliphatic carbocycles. The van der Waals surface area contributed by atoms with E-state index in [2.05, 4.69) is 15.9 Å². The Morgan fingerprint density at radius 1 is 1.43 bits per heavy atom. The molecule has 1 aliphatic rings. The van der Waals surface area contributed by atoms with Gasteiger partial charge in [-0.2, -0.15) is 0 Å². The number of benzene rings is 1. The highest BCUT2D eigenvalue weighted by molar-refractivity contribution is 9.10. The maximum absolute atomic E-state index is 5.94. The zero-order chi connectivity index (χ0) is 10.1. The smallest absolute Gasteiger partial charge is 0.121 e. The summed E-state index contributed by atoms with van der Waals surface area (Å²) in [4.78, 5) is 0. The van der Waals surface area contributed by atoms with E-state index in [1.807, 2.05) is 18.2 Å². The molecule has 14 heavy (non-hydrogen) atoms. The van der Waals surface area contributed by atoms with E-state index in [0.717, 1.165) is 23.1 Å². The Kier molecular flexibility index (Phi) is 3.00. The molecule has 76 valence electrons. The third kappa shape index (κ3) is 2.22. The molecule has 0 amide bonds. The average molecular weight is 277 g/mol. The molecule has 0 heterocycles. The zero-order valence-corrected chi connectivity index (χ0v) is 9.88. The number of rotatable bonds is 2. The standard InChI is InChI=1S/C10H11BrClNO/c11-9-2-1-7(5-10(9)12)14-8-3-6(13)4-8/h1-2,5-6,8H,3-4,13H2. The SMILES string of the molecule is NC1CC(Oc2ccc(Br)c(Cl)c2)C1. The van der Waals surface area contributed by atoms with Crippen LogP contribution < -0.4 is 10.5 Å². The van der Waals surface area contributed by atoms with Gasteiger partial charge < -0.3 is 10.5 Å². The molecule has 2 N–H and O–H groups in total. The Bertz CT molecular complexity index is 339. The Hall–Kier alpha value is -0.250. The van der Waals surface area contributed by atoms with Crippen LogP contribution in [0.2, 0.25) is 5.02 Å². The molecule has 0 aromatic heterocycles. The molecule has 1 fully saturated rings. The quantitative estimate of drug-likeness (QED) is 0.901. The van der Waals surface area contributed by atoms with E-state index >= 15 is 0 Å². The van der Waals surface area contributed by atoms with Crippen molar-refractivity contribution in [2.24, 2.45) is 5.73 Å². The fourth-order valence-electron chi connectivity index (χ4n) is 1.45. The van der Waals surface area contributed by atoms with E-state index in [9.17, 15) is 0 Å². The number of hydrogen-bond acceptors (Lipinski definition) is 2. The minimum atomic E-state index is 0.266. The first-order valence-electron chi connectivity index (χ1n) is 4.52. The van der Waals surface area contributed by atoms with Crippen molar-refractivity contribution in [2.75, 3.05) is 0 Å². The molecule has 1 aromatic rings. The molecular weight excluding hydrogens is 265 g/mol. The van der Waals surface area contributed by atoms with E-state index in [0.29, 0.717) is 11.1 Å². The summed E-state index contributed by atoms with van der Waals surface area (Å²) in [5.74, 6) is 0.815. The van der Waals surface area contributed by atoms with Gasteiger partial charge in [0.2, 0.25) is 0 Å². The van der Waals surface area contributed by atoms with Crippen LogP contribution in [0.4, 0.5) is 0 Å². The Morgan fingerprint density at radius 2 is 2.14 bits per heavy atom. The van der Waals surface area contributed by atoms with Gasteiger partial charge in [0.15, 0.2) is 0 Å². The molecule has 0 spiro atoms. The lowest BCUT2D eigenvalue weighted by Crippen LogP contribution is -2.43. The summed E-state index contributed by atoms with van der Waals surface area (Å²) in [7, 11) is 0. The van der Waals surface area contributed by atoms with Crippen molar-refractivity contribution in [3.8, 4) is 5.75 Å². The van der Waals surface area contributed by atoms with Crippen molar-refractivity contribution in [1.29, 1.82) is 0 Å². The summed E-state index contributed by atoms with van der Waals surface area (Å²) < 4.78 is 6.56. The molecule has 2 nitrogen and oxygen atoms in total. The number of hydrogen-bond donors (Lipinski definition) is 1. The van der Waals surface area contributed by atoms with Crippen LogP contribution in [-0.2, 0) is 0 Å². The van der Waals surface area contributed by atoms with Gasteiger partial charge in [0, 0.05) is 10.5 Å². The van der Waals surface area contributed by atoms with Crippen LogP contribution in [-0.4, -0.2) is 12.1 Å². The predicted molar refractivity (Wildman–Crippen MR) is 60.8 cm³/mol. The van der Waals surface area contributed by atoms with Gasteiger partial charge in [-0.1, -0.05) is 11.6 Å². The second-order valence-corrected chi connectivity index (χ2v) is 4.81. The number of ether oxygens (including phenoxy) is 1. The fourth-order valence-corrected chi connectivity index (χ4v) is 1.86. The predicted octanol–water partition coefficient (Wildman–Crippen LogP) is 2.97. The number of halogens is 2. The van der Waals surface area contributed by atoms with Crippen LogP contribution >= 0.6 is 27.5 Å². The second-order valence-electron chi connectivity index (χ2n) is 3.55. The van der Waals surface area contributed by atoms with Gasteiger partial charge in [0.05, 0.1) is 5.02 Å². The first-order chi connectivity index (χ1) is 6.65. The van der Waals surface area contributed by atoms with Crippen molar-refractivity contribution in [3.05, 3.63) is 27.7 Å². The van der Waals surface area contributed by atoms with Gasteiger partial charge in [-0.05, 0) is 47.0 Å². The monoisotopic (exact) mass is 275 g/mol. The number of nitrogens with two attached hydrogens (primary N) is 1. The lowest BCUT2D eigenvalue weighted by Gasteiger charge is -2.32. The van der Waals surface area contributed by atoms with Crippen molar-refractivity contribution in [1.82, 2.24) is 0 Å². The maximum Gasteiger partial charge on any atom is 0.121 e. The van der Waals surface area contributed by atoms with Gasteiger partial charge in [0.25, 0.3) is 0 Å². The summed E-state index contributed by atoms with van der Waals surface area (Å²) >= 11 is 9.26. The van der Waals surface area contributed by atoms with Crippen LogP contribution in [0.1, 0.15) is 12.8 Å². The molecule has 0 saturated heterocycles. The minimum Gasteiger partial charge on any atom is -0.490 e. The zero-order valence-electron chi connectivity index (χ0n) is 7.54. The van der Waals surface area contributed by atoms with E-state index in [-0.39, 0.29) is 6.10 Å². The fraction of sp³-hybridized carbons (Fsp3) is 0.400. The Labute approximate surface area is 96.5 Å². The largest absolute Gasteiger partial charge is 0.490 e. The van der Waals surface area contributed by atoms with Crippen molar-refractivity contribution in [2.45, 2.75) is 25.0 Å². The van der Waals surface area contributed by atoms with Crippen LogP contribution in [0.3, 0.4) is 0 Å².